The molecule has 0 aliphatic rings. The van der Waals surface area contributed by atoms with Gasteiger partial charge in [-0.05, 0) is 57.5 Å². The Morgan fingerprint density at radius 1 is 1.04 bits per heavy atom. The summed E-state index contributed by atoms with van der Waals surface area (Å²) in [5.41, 5.74) is 3.17. The summed E-state index contributed by atoms with van der Waals surface area (Å²) in [6, 6.07) is 10.0. The van der Waals surface area contributed by atoms with Gasteiger partial charge in [0, 0.05) is 5.39 Å². The number of rotatable bonds is 4. The highest BCUT2D eigenvalue weighted by Crippen LogP contribution is 2.32. The van der Waals surface area contributed by atoms with E-state index in [9.17, 15) is 13.2 Å². The first-order chi connectivity index (χ1) is 11.7. The molecule has 0 bridgehead atoms. The van der Waals surface area contributed by atoms with Gasteiger partial charge in [-0.2, -0.15) is 0 Å². The Morgan fingerprint density at radius 2 is 1.68 bits per heavy atom. The van der Waals surface area contributed by atoms with Crippen LogP contribution < -0.4 is 4.72 Å². The normalized spacial score (nSPS) is 11.7. The van der Waals surface area contributed by atoms with Crippen LogP contribution in [-0.4, -0.2) is 14.2 Å². The molecule has 0 unspecified atom stereocenters. The fraction of sp³-hybridized carbons (Fsp3) is 0.211. The van der Waals surface area contributed by atoms with Crippen LogP contribution in [0.25, 0.3) is 11.0 Å². The standard InChI is InChI=1S/C19H19NO4S/c1-11-5-7-15(8-6-11)25(22,23)20-17-10-16-18(9-12(17)2)24-14(4)19(16)13(3)21/h5-10,20H,1-4H3. The Hall–Kier alpha value is -2.60. The van der Waals surface area contributed by atoms with Crippen LogP contribution in [0.3, 0.4) is 0 Å². The number of carbonyl (C=O) groups excluding carboxylic acids is 1. The minimum absolute atomic E-state index is 0.118. The molecule has 25 heavy (non-hydrogen) atoms. The number of Topliss-reactive ketones (excluding diaryl/α,β-unsaturated/α-hetero) is 1. The van der Waals surface area contributed by atoms with E-state index in [4.69, 9.17) is 4.42 Å². The fourth-order valence-electron chi connectivity index (χ4n) is 2.84. The average molecular weight is 357 g/mol. The number of nitrogens with one attached hydrogen (secondary N) is 1. The second kappa shape index (κ2) is 6.04. The van der Waals surface area contributed by atoms with Crippen molar-refractivity contribution in [1.29, 1.82) is 0 Å². The third-order valence-electron chi connectivity index (χ3n) is 4.14. The van der Waals surface area contributed by atoms with Crippen molar-refractivity contribution in [2.24, 2.45) is 0 Å². The van der Waals surface area contributed by atoms with E-state index in [0.717, 1.165) is 5.56 Å². The van der Waals surface area contributed by atoms with E-state index >= 15 is 0 Å². The summed E-state index contributed by atoms with van der Waals surface area (Å²) >= 11 is 0. The van der Waals surface area contributed by atoms with E-state index in [0.29, 0.717) is 33.5 Å². The minimum atomic E-state index is -3.71. The van der Waals surface area contributed by atoms with E-state index in [1.807, 2.05) is 6.92 Å². The summed E-state index contributed by atoms with van der Waals surface area (Å²) in [5.74, 6) is 0.410. The monoisotopic (exact) mass is 357 g/mol. The highest BCUT2D eigenvalue weighted by Gasteiger charge is 2.19. The van der Waals surface area contributed by atoms with E-state index < -0.39 is 10.0 Å². The number of aryl methyl sites for hydroxylation is 3. The average Bonchev–Trinajstić information content (AvgIpc) is 2.82. The van der Waals surface area contributed by atoms with Gasteiger partial charge in [0.15, 0.2) is 5.78 Å². The van der Waals surface area contributed by atoms with Gasteiger partial charge < -0.3 is 4.42 Å². The van der Waals surface area contributed by atoms with Gasteiger partial charge in [-0.25, -0.2) is 8.42 Å². The number of furan rings is 1. The second-order valence-corrected chi connectivity index (χ2v) is 7.85. The molecule has 0 radical (unpaired) electrons. The highest BCUT2D eigenvalue weighted by atomic mass is 32.2. The van der Waals surface area contributed by atoms with Gasteiger partial charge in [-0.15, -0.1) is 0 Å². The largest absolute Gasteiger partial charge is 0.461 e. The molecule has 1 N–H and O–H groups in total. The first-order valence-corrected chi connectivity index (χ1v) is 9.31. The number of benzene rings is 2. The number of hydrogen-bond acceptors (Lipinski definition) is 4. The topological polar surface area (TPSA) is 76.4 Å². The van der Waals surface area contributed by atoms with Crippen LogP contribution in [0.2, 0.25) is 0 Å². The lowest BCUT2D eigenvalue weighted by Gasteiger charge is -2.11. The number of carbonyl (C=O) groups is 1. The molecule has 0 saturated heterocycles. The first kappa shape index (κ1) is 17.2. The van der Waals surface area contributed by atoms with Crippen molar-refractivity contribution >= 4 is 32.5 Å². The van der Waals surface area contributed by atoms with Crippen molar-refractivity contribution < 1.29 is 17.6 Å². The lowest BCUT2D eigenvalue weighted by atomic mass is 10.1. The van der Waals surface area contributed by atoms with Gasteiger partial charge in [0.1, 0.15) is 11.3 Å². The zero-order chi connectivity index (χ0) is 18.4. The summed E-state index contributed by atoms with van der Waals surface area (Å²) < 4.78 is 33.5. The molecule has 5 nitrogen and oxygen atoms in total. The zero-order valence-corrected chi connectivity index (χ0v) is 15.3. The predicted molar refractivity (Wildman–Crippen MR) is 97.7 cm³/mol. The molecule has 3 aromatic rings. The predicted octanol–water partition coefficient (Wildman–Crippen LogP) is 4.36. The Bertz CT molecular complexity index is 1080. The van der Waals surface area contributed by atoms with E-state index in [-0.39, 0.29) is 10.7 Å². The van der Waals surface area contributed by atoms with Crippen molar-refractivity contribution in [3.8, 4) is 0 Å². The maximum absolute atomic E-state index is 12.6. The smallest absolute Gasteiger partial charge is 0.261 e. The van der Waals surface area contributed by atoms with E-state index in [2.05, 4.69) is 4.72 Å². The van der Waals surface area contributed by atoms with Crippen LogP contribution in [0.5, 0.6) is 0 Å². The molecule has 0 saturated carbocycles. The Morgan fingerprint density at radius 3 is 2.28 bits per heavy atom. The van der Waals surface area contributed by atoms with Crippen LogP contribution in [0.1, 0.15) is 34.2 Å². The molecule has 0 atom stereocenters. The molecule has 2 aromatic carbocycles. The van der Waals surface area contributed by atoms with E-state index in [1.165, 1.54) is 6.92 Å². The molecule has 6 heteroatoms. The number of anilines is 1. The van der Waals surface area contributed by atoms with Crippen LogP contribution >= 0.6 is 0 Å². The molecule has 1 aromatic heterocycles. The summed E-state index contributed by atoms with van der Waals surface area (Å²) in [5, 5.41) is 0.609. The Kier molecular flexibility index (Phi) is 4.16. The third-order valence-corrected chi connectivity index (χ3v) is 5.52. The first-order valence-electron chi connectivity index (χ1n) is 7.83. The molecule has 1 heterocycles. The number of fused-ring (bicyclic) bond motifs is 1. The Balaban J connectivity index is 2.09. The van der Waals surface area contributed by atoms with Crippen LogP contribution in [0, 0.1) is 20.8 Å². The maximum Gasteiger partial charge on any atom is 0.261 e. The SMILES string of the molecule is CC(=O)c1c(C)oc2cc(C)c(NS(=O)(=O)c3ccc(C)cc3)cc12. The van der Waals surface area contributed by atoms with Gasteiger partial charge in [-0.3, -0.25) is 9.52 Å². The summed E-state index contributed by atoms with van der Waals surface area (Å²) in [7, 11) is -3.71. The lowest BCUT2D eigenvalue weighted by molar-refractivity contribution is 0.101. The zero-order valence-electron chi connectivity index (χ0n) is 14.5. The molecule has 0 amide bonds. The van der Waals surface area contributed by atoms with Crippen molar-refractivity contribution in [2.45, 2.75) is 32.6 Å². The van der Waals surface area contributed by atoms with Crippen LogP contribution in [0.15, 0.2) is 45.7 Å². The van der Waals surface area contributed by atoms with Crippen LogP contribution in [0.4, 0.5) is 5.69 Å². The molecule has 0 aliphatic carbocycles. The maximum atomic E-state index is 12.6. The molecule has 0 fully saturated rings. The second-order valence-electron chi connectivity index (χ2n) is 6.17. The van der Waals surface area contributed by atoms with Crippen molar-refractivity contribution in [1.82, 2.24) is 0 Å². The van der Waals surface area contributed by atoms with Gasteiger partial charge >= 0.3 is 0 Å². The van der Waals surface area contributed by atoms with Gasteiger partial charge in [0.25, 0.3) is 10.0 Å². The highest BCUT2D eigenvalue weighted by molar-refractivity contribution is 7.92. The number of hydrogen-bond donors (Lipinski definition) is 1. The van der Waals surface area contributed by atoms with Crippen LogP contribution in [-0.2, 0) is 10.0 Å². The fourth-order valence-corrected chi connectivity index (χ4v) is 3.96. The quantitative estimate of drug-likeness (QED) is 0.704. The molecule has 0 aliphatic heterocycles. The summed E-state index contributed by atoms with van der Waals surface area (Å²) in [4.78, 5) is 12.1. The van der Waals surface area contributed by atoms with E-state index in [1.54, 1.807) is 50.2 Å². The van der Waals surface area contributed by atoms with Gasteiger partial charge in [-0.1, -0.05) is 17.7 Å². The number of sulfonamides is 1. The van der Waals surface area contributed by atoms with Crippen molar-refractivity contribution in [2.75, 3.05) is 4.72 Å². The number of ketones is 1. The van der Waals surface area contributed by atoms with Crippen molar-refractivity contribution in [3.05, 3.63) is 58.8 Å². The molecule has 0 spiro atoms. The molecule has 3 rings (SSSR count). The minimum Gasteiger partial charge on any atom is -0.461 e. The van der Waals surface area contributed by atoms with Gasteiger partial charge in [0.05, 0.1) is 16.1 Å². The lowest BCUT2D eigenvalue weighted by Crippen LogP contribution is -2.13. The molecule has 130 valence electrons. The molecular formula is C19H19NO4S. The molecular weight excluding hydrogens is 338 g/mol. The van der Waals surface area contributed by atoms with Gasteiger partial charge in [0.2, 0.25) is 0 Å². The third kappa shape index (κ3) is 3.17. The van der Waals surface area contributed by atoms with Crippen molar-refractivity contribution in [3.63, 3.8) is 0 Å². The summed E-state index contributed by atoms with van der Waals surface area (Å²) in [6.07, 6.45) is 0. The Labute approximate surface area is 146 Å². The summed E-state index contributed by atoms with van der Waals surface area (Å²) in [6.45, 7) is 6.87.